The van der Waals surface area contributed by atoms with Gasteiger partial charge in [0, 0.05) is 17.9 Å². The van der Waals surface area contributed by atoms with Crippen LogP contribution in [0.1, 0.15) is 23.7 Å². The van der Waals surface area contributed by atoms with Gasteiger partial charge in [-0.15, -0.1) is 0 Å². The zero-order valence-electron chi connectivity index (χ0n) is 7.90. The van der Waals surface area contributed by atoms with Gasteiger partial charge in [-0.3, -0.25) is 9.88 Å². The number of nitrogens with zero attached hydrogens (tertiary/aromatic N) is 2. The van der Waals surface area contributed by atoms with Crippen LogP contribution in [-0.2, 0) is 6.42 Å². The average molecular weight is 174 g/mol. The number of pyridine rings is 1. The Kier molecular flexibility index (Phi) is 1.47. The lowest BCUT2D eigenvalue weighted by molar-refractivity contribution is 0.292. The maximum Gasteiger partial charge on any atom is 0.0455 e. The molecule has 0 amide bonds. The summed E-state index contributed by atoms with van der Waals surface area (Å²) in [5.74, 6) is 0.842. The number of rotatable bonds is 0. The zero-order valence-corrected chi connectivity index (χ0v) is 7.90. The molecule has 1 aromatic rings. The fourth-order valence-electron chi connectivity index (χ4n) is 2.87. The van der Waals surface area contributed by atoms with Crippen molar-refractivity contribution in [1.82, 2.24) is 9.88 Å². The Labute approximate surface area is 78.6 Å². The van der Waals surface area contributed by atoms with Gasteiger partial charge in [-0.2, -0.15) is 0 Å². The van der Waals surface area contributed by atoms with Crippen molar-refractivity contribution >= 4 is 0 Å². The Morgan fingerprint density at radius 1 is 1.54 bits per heavy atom. The maximum absolute atomic E-state index is 4.45. The molecule has 0 unspecified atom stereocenters. The van der Waals surface area contributed by atoms with E-state index in [0.29, 0.717) is 6.04 Å². The van der Waals surface area contributed by atoms with Crippen LogP contribution in [0.3, 0.4) is 0 Å². The van der Waals surface area contributed by atoms with Gasteiger partial charge in [-0.1, -0.05) is 6.07 Å². The van der Waals surface area contributed by atoms with Crippen LogP contribution in [0.5, 0.6) is 0 Å². The zero-order chi connectivity index (χ0) is 8.84. The molecule has 0 aromatic carbocycles. The lowest BCUT2D eigenvalue weighted by atomic mass is 10.0. The normalized spacial score (nSPS) is 31.8. The van der Waals surface area contributed by atoms with Crippen LogP contribution in [-0.4, -0.2) is 23.5 Å². The van der Waals surface area contributed by atoms with E-state index < -0.39 is 0 Å². The summed E-state index contributed by atoms with van der Waals surface area (Å²) in [7, 11) is 2.23. The number of aromatic nitrogens is 1. The Morgan fingerprint density at radius 3 is 3.38 bits per heavy atom. The highest BCUT2D eigenvalue weighted by Gasteiger charge is 2.39. The Hall–Kier alpha value is -0.890. The molecular formula is C11H14N2. The van der Waals surface area contributed by atoms with E-state index in [1.54, 1.807) is 0 Å². The molecule has 68 valence electrons. The van der Waals surface area contributed by atoms with Crippen molar-refractivity contribution in [3.05, 3.63) is 29.6 Å². The van der Waals surface area contributed by atoms with Crippen molar-refractivity contribution in [3.8, 4) is 0 Å². The van der Waals surface area contributed by atoms with Gasteiger partial charge in [0.05, 0.1) is 0 Å². The van der Waals surface area contributed by atoms with Crippen LogP contribution < -0.4 is 0 Å². The van der Waals surface area contributed by atoms with E-state index in [0.717, 1.165) is 5.92 Å². The molecule has 13 heavy (non-hydrogen) atoms. The summed E-state index contributed by atoms with van der Waals surface area (Å²) in [4.78, 5) is 6.92. The van der Waals surface area contributed by atoms with Crippen LogP contribution in [0.4, 0.5) is 0 Å². The first-order chi connectivity index (χ1) is 6.36. The molecule has 0 spiro atoms. The molecule has 0 radical (unpaired) electrons. The molecule has 1 saturated heterocycles. The van der Waals surface area contributed by atoms with Crippen molar-refractivity contribution in [2.24, 2.45) is 5.92 Å². The molecule has 2 nitrogen and oxygen atoms in total. The minimum atomic E-state index is 0.670. The summed E-state index contributed by atoms with van der Waals surface area (Å²) < 4.78 is 0. The molecule has 2 heterocycles. The first-order valence-corrected chi connectivity index (χ1v) is 5.00. The second-order valence-electron chi connectivity index (χ2n) is 4.22. The number of likely N-dealkylation sites (tertiary alicyclic amines) is 1. The quantitative estimate of drug-likeness (QED) is 0.594. The lowest BCUT2D eigenvalue weighted by Gasteiger charge is -2.18. The minimum absolute atomic E-state index is 0.670. The van der Waals surface area contributed by atoms with E-state index in [4.69, 9.17) is 0 Å². The topological polar surface area (TPSA) is 16.1 Å². The van der Waals surface area contributed by atoms with Crippen LogP contribution in [0.25, 0.3) is 0 Å². The molecule has 2 heteroatoms. The van der Waals surface area contributed by atoms with Gasteiger partial charge in [0.15, 0.2) is 0 Å². The van der Waals surface area contributed by atoms with Crippen LogP contribution in [0.15, 0.2) is 18.3 Å². The van der Waals surface area contributed by atoms with Crippen molar-refractivity contribution < 1.29 is 0 Å². The SMILES string of the molecule is CN1CC[C@H]2Cc3ncccc3[C@H]21. The van der Waals surface area contributed by atoms with E-state index >= 15 is 0 Å². The molecule has 0 saturated carbocycles. The number of hydrogen-bond acceptors (Lipinski definition) is 2. The van der Waals surface area contributed by atoms with Crippen molar-refractivity contribution in [1.29, 1.82) is 0 Å². The van der Waals surface area contributed by atoms with Gasteiger partial charge in [-0.05, 0) is 44.0 Å². The largest absolute Gasteiger partial charge is 0.299 e. The van der Waals surface area contributed by atoms with E-state index in [1.807, 2.05) is 6.20 Å². The average Bonchev–Trinajstić information content (AvgIpc) is 2.66. The van der Waals surface area contributed by atoms with Gasteiger partial charge in [0.2, 0.25) is 0 Å². The number of fused-ring (bicyclic) bond motifs is 3. The number of hydrogen-bond donors (Lipinski definition) is 0. The monoisotopic (exact) mass is 174 g/mol. The third-order valence-electron chi connectivity index (χ3n) is 3.47. The van der Waals surface area contributed by atoms with Gasteiger partial charge >= 0.3 is 0 Å². The van der Waals surface area contributed by atoms with E-state index in [1.165, 1.54) is 30.6 Å². The smallest absolute Gasteiger partial charge is 0.0455 e. The molecular weight excluding hydrogens is 160 g/mol. The first-order valence-electron chi connectivity index (χ1n) is 5.00. The highest BCUT2D eigenvalue weighted by Crippen LogP contribution is 2.44. The molecule has 1 fully saturated rings. The molecule has 1 aliphatic carbocycles. The standard InChI is InChI=1S/C11H14N2/c1-13-6-4-8-7-10-9(11(8)13)3-2-5-12-10/h2-3,5,8,11H,4,6-7H2,1H3/t8-,11-/m0/s1. The van der Waals surface area contributed by atoms with E-state index in [-0.39, 0.29) is 0 Å². The second kappa shape index (κ2) is 2.55. The third-order valence-corrected chi connectivity index (χ3v) is 3.47. The van der Waals surface area contributed by atoms with Gasteiger partial charge < -0.3 is 0 Å². The van der Waals surface area contributed by atoms with Crippen molar-refractivity contribution in [3.63, 3.8) is 0 Å². The van der Waals surface area contributed by atoms with Crippen molar-refractivity contribution in [2.75, 3.05) is 13.6 Å². The second-order valence-corrected chi connectivity index (χ2v) is 4.22. The fraction of sp³-hybridized carbons (Fsp3) is 0.545. The summed E-state index contributed by atoms with van der Waals surface area (Å²) in [5, 5.41) is 0. The highest BCUT2D eigenvalue weighted by molar-refractivity contribution is 5.31. The van der Waals surface area contributed by atoms with Gasteiger partial charge in [-0.25, -0.2) is 0 Å². The highest BCUT2D eigenvalue weighted by atomic mass is 15.2. The predicted molar refractivity (Wildman–Crippen MR) is 51.4 cm³/mol. The van der Waals surface area contributed by atoms with Crippen LogP contribution >= 0.6 is 0 Å². The van der Waals surface area contributed by atoms with Crippen molar-refractivity contribution in [2.45, 2.75) is 18.9 Å². The summed E-state index contributed by atoms with van der Waals surface area (Å²) in [6.07, 6.45) is 4.46. The lowest BCUT2D eigenvalue weighted by Crippen LogP contribution is -2.18. The van der Waals surface area contributed by atoms with Gasteiger partial charge in [0.25, 0.3) is 0 Å². The molecule has 3 rings (SSSR count). The third kappa shape index (κ3) is 0.953. The fourth-order valence-corrected chi connectivity index (χ4v) is 2.87. The summed E-state index contributed by atoms with van der Waals surface area (Å²) >= 11 is 0. The van der Waals surface area contributed by atoms with Crippen LogP contribution in [0, 0.1) is 5.92 Å². The maximum atomic E-state index is 4.45. The molecule has 1 aromatic heterocycles. The Bertz CT molecular complexity index is 335. The molecule has 0 N–H and O–H groups in total. The van der Waals surface area contributed by atoms with Crippen LogP contribution in [0.2, 0.25) is 0 Å². The van der Waals surface area contributed by atoms with Gasteiger partial charge in [0.1, 0.15) is 0 Å². The molecule has 2 atom stereocenters. The Balaban J connectivity index is 2.08. The minimum Gasteiger partial charge on any atom is -0.299 e. The van der Waals surface area contributed by atoms with E-state index in [2.05, 4.69) is 29.1 Å². The molecule has 1 aliphatic heterocycles. The summed E-state index contributed by atoms with van der Waals surface area (Å²) in [6, 6.07) is 4.98. The molecule has 2 aliphatic rings. The Morgan fingerprint density at radius 2 is 2.46 bits per heavy atom. The first kappa shape index (κ1) is 7.51. The predicted octanol–water partition coefficient (Wildman–Crippen LogP) is 1.63. The summed E-state index contributed by atoms with van der Waals surface area (Å²) in [5.41, 5.74) is 2.82. The van der Waals surface area contributed by atoms with E-state index in [9.17, 15) is 0 Å². The molecule has 0 bridgehead atoms. The summed E-state index contributed by atoms with van der Waals surface area (Å²) in [6.45, 7) is 1.25.